The van der Waals surface area contributed by atoms with Crippen molar-refractivity contribution in [1.29, 1.82) is 0 Å². The largest absolute Gasteiger partial charge is 0.467 e. The zero-order chi connectivity index (χ0) is 14.2. The van der Waals surface area contributed by atoms with E-state index in [-0.39, 0.29) is 12.8 Å². The summed E-state index contributed by atoms with van der Waals surface area (Å²) < 4.78 is 15.6. The lowest BCUT2D eigenvalue weighted by Gasteiger charge is -2.35. The molecule has 0 spiro atoms. The number of anilines is 1. The van der Waals surface area contributed by atoms with E-state index in [0.29, 0.717) is 5.75 Å². The fourth-order valence-electron chi connectivity index (χ4n) is 2.08. The van der Waals surface area contributed by atoms with Crippen molar-refractivity contribution in [3.63, 3.8) is 0 Å². The molecule has 0 unspecified atom stereocenters. The zero-order valence-corrected chi connectivity index (χ0v) is 11.9. The number of esters is 1. The highest BCUT2D eigenvalue weighted by atomic mass is 16.7. The second-order valence-electron chi connectivity index (χ2n) is 5.10. The topological polar surface area (TPSA) is 48.0 Å². The third kappa shape index (κ3) is 2.20. The molecule has 0 atom stereocenters. The van der Waals surface area contributed by atoms with Crippen molar-refractivity contribution >= 4 is 11.7 Å². The van der Waals surface area contributed by atoms with Crippen molar-refractivity contribution in [3.8, 4) is 11.5 Å². The fraction of sp³-hybridized carbons (Fsp3) is 0.500. The molecule has 104 valence electrons. The van der Waals surface area contributed by atoms with Crippen LogP contribution in [0, 0.1) is 6.92 Å². The molecule has 0 fully saturated rings. The number of aryl methyl sites for hydroxylation is 1. The van der Waals surface area contributed by atoms with Gasteiger partial charge in [-0.05, 0) is 32.4 Å². The van der Waals surface area contributed by atoms with Gasteiger partial charge >= 0.3 is 5.97 Å². The molecule has 0 aliphatic carbocycles. The molecule has 0 N–H and O–H groups in total. The summed E-state index contributed by atoms with van der Waals surface area (Å²) in [6.07, 6.45) is 0. The SMILES string of the molecule is COC(=O)C(C)(C)N(C)c1cc2c(cc1C)OCO2. The lowest BCUT2D eigenvalue weighted by molar-refractivity contribution is -0.145. The maximum atomic E-state index is 11.9. The molecule has 1 heterocycles. The van der Waals surface area contributed by atoms with E-state index in [9.17, 15) is 4.79 Å². The van der Waals surface area contributed by atoms with Gasteiger partial charge < -0.3 is 19.1 Å². The van der Waals surface area contributed by atoms with Gasteiger partial charge in [0, 0.05) is 18.8 Å². The number of hydrogen-bond acceptors (Lipinski definition) is 5. The predicted octanol–water partition coefficient (Wildman–Crippen LogP) is 2.11. The minimum atomic E-state index is -0.757. The van der Waals surface area contributed by atoms with Gasteiger partial charge in [-0.2, -0.15) is 0 Å². The number of methoxy groups -OCH3 is 1. The Balaban J connectivity index is 2.39. The summed E-state index contributed by atoms with van der Waals surface area (Å²) in [4.78, 5) is 13.8. The predicted molar refractivity (Wildman–Crippen MR) is 71.8 cm³/mol. The van der Waals surface area contributed by atoms with Gasteiger partial charge in [0.1, 0.15) is 5.54 Å². The average molecular weight is 265 g/mol. The molecule has 0 bridgehead atoms. The van der Waals surface area contributed by atoms with Crippen molar-refractivity contribution in [2.75, 3.05) is 25.9 Å². The smallest absolute Gasteiger partial charge is 0.331 e. The molecular weight excluding hydrogens is 246 g/mol. The van der Waals surface area contributed by atoms with Crippen LogP contribution in [0.5, 0.6) is 11.5 Å². The van der Waals surface area contributed by atoms with E-state index >= 15 is 0 Å². The summed E-state index contributed by atoms with van der Waals surface area (Å²) in [5, 5.41) is 0. The van der Waals surface area contributed by atoms with Crippen LogP contribution >= 0.6 is 0 Å². The van der Waals surface area contributed by atoms with E-state index in [1.54, 1.807) is 0 Å². The van der Waals surface area contributed by atoms with Gasteiger partial charge in [0.05, 0.1) is 7.11 Å². The summed E-state index contributed by atoms with van der Waals surface area (Å²) in [7, 11) is 3.26. The molecule has 0 aromatic heterocycles. The molecule has 1 aliphatic heterocycles. The third-order valence-corrected chi connectivity index (χ3v) is 3.58. The molecule has 5 heteroatoms. The Morgan fingerprint density at radius 1 is 1.32 bits per heavy atom. The Morgan fingerprint density at radius 2 is 1.89 bits per heavy atom. The lowest BCUT2D eigenvalue weighted by Crippen LogP contribution is -2.49. The summed E-state index contributed by atoms with van der Waals surface area (Å²) in [5.41, 5.74) is 1.18. The quantitative estimate of drug-likeness (QED) is 0.783. The van der Waals surface area contributed by atoms with Crippen LogP contribution in [-0.4, -0.2) is 32.5 Å². The van der Waals surface area contributed by atoms with Gasteiger partial charge in [0.2, 0.25) is 6.79 Å². The van der Waals surface area contributed by atoms with Crippen LogP contribution in [0.15, 0.2) is 12.1 Å². The van der Waals surface area contributed by atoms with Crippen LogP contribution in [-0.2, 0) is 9.53 Å². The van der Waals surface area contributed by atoms with Crippen LogP contribution in [0.1, 0.15) is 19.4 Å². The van der Waals surface area contributed by atoms with Crippen molar-refractivity contribution in [3.05, 3.63) is 17.7 Å². The molecule has 5 nitrogen and oxygen atoms in total. The number of ether oxygens (including phenoxy) is 3. The number of benzene rings is 1. The monoisotopic (exact) mass is 265 g/mol. The van der Waals surface area contributed by atoms with Crippen LogP contribution in [0.3, 0.4) is 0 Å². The molecular formula is C14H19NO4. The highest BCUT2D eigenvalue weighted by Gasteiger charge is 2.35. The molecule has 0 radical (unpaired) electrons. The van der Waals surface area contributed by atoms with E-state index in [4.69, 9.17) is 14.2 Å². The summed E-state index contributed by atoms with van der Waals surface area (Å²) in [6.45, 7) is 5.86. The second-order valence-corrected chi connectivity index (χ2v) is 5.10. The third-order valence-electron chi connectivity index (χ3n) is 3.58. The normalized spacial score (nSPS) is 13.3. The zero-order valence-electron chi connectivity index (χ0n) is 11.9. The Morgan fingerprint density at radius 3 is 2.47 bits per heavy atom. The number of likely N-dealkylation sites (N-methyl/N-ethyl adjacent to an activating group) is 1. The number of hydrogen-bond donors (Lipinski definition) is 0. The van der Waals surface area contributed by atoms with E-state index < -0.39 is 5.54 Å². The van der Waals surface area contributed by atoms with Gasteiger partial charge in [-0.15, -0.1) is 0 Å². The summed E-state index contributed by atoms with van der Waals surface area (Å²) in [6, 6.07) is 3.81. The van der Waals surface area contributed by atoms with Gasteiger partial charge in [-0.1, -0.05) is 0 Å². The first kappa shape index (κ1) is 13.5. The van der Waals surface area contributed by atoms with E-state index in [1.165, 1.54) is 7.11 Å². The van der Waals surface area contributed by atoms with Crippen molar-refractivity contribution in [2.24, 2.45) is 0 Å². The molecule has 0 amide bonds. The van der Waals surface area contributed by atoms with Gasteiger partial charge in [-0.25, -0.2) is 4.79 Å². The first-order valence-corrected chi connectivity index (χ1v) is 6.10. The Kier molecular flexibility index (Phi) is 3.30. The van der Waals surface area contributed by atoms with E-state index in [2.05, 4.69) is 0 Å². The van der Waals surface area contributed by atoms with Crippen LogP contribution < -0.4 is 14.4 Å². The number of fused-ring (bicyclic) bond motifs is 1. The molecule has 1 aromatic carbocycles. The molecule has 2 rings (SSSR count). The first-order valence-electron chi connectivity index (χ1n) is 6.10. The maximum Gasteiger partial charge on any atom is 0.331 e. The highest BCUT2D eigenvalue weighted by Crippen LogP contribution is 2.39. The Bertz CT molecular complexity index is 510. The van der Waals surface area contributed by atoms with Crippen LogP contribution in [0.2, 0.25) is 0 Å². The first-order chi connectivity index (χ1) is 8.87. The number of carbonyl (C=O) groups is 1. The van der Waals surface area contributed by atoms with Crippen LogP contribution in [0.4, 0.5) is 5.69 Å². The number of carbonyl (C=O) groups excluding carboxylic acids is 1. The van der Waals surface area contributed by atoms with Gasteiger partial charge in [0.15, 0.2) is 11.5 Å². The number of rotatable bonds is 3. The minimum absolute atomic E-state index is 0.238. The average Bonchev–Trinajstić information content (AvgIpc) is 2.82. The van der Waals surface area contributed by atoms with Crippen molar-refractivity contribution in [2.45, 2.75) is 26.3 Å². The Labute approximate surface area is 113 Å². The highest BCUT2D eigenvalue weighted by molar-refractivity contribution is 5.84. The summed E-state index contributed by atoms with van der Waals surface area (Å²) in [5.74, 6) is 1.16. The number of nitrogens with zero attached hydrogens (tertiary/aromatic N) is 1. The minimum Gasteiger partial charge on any atom is -0.467 e. The molecule has 1 aromatic rings. The Hall–Kier alpha value is -1.91. The fourth-order valence-corrected chi connectivity index (χ4v) is 2.08. The summed E-state index contributed by atoms with van der Waals surface area (Å²) >= 11 is 0. The van der Waals surface area contributed by atoms with E-state index in [0.717, 1.165) is 17.0 Å². The van der Waals surface area contributed by atoms with Gasteiger partial charge in [0.25, 0.3) is 0 Å². The van der Waals surface area contributed by atoms with Gasteiger partial charge in [-0.3, -0.25) is 0 Å². The molecule has 19 heavy (non-hydrogen) atoms. The van der Waals surface area contributed by atoms with Crippen molar-refractivity contribution in [1.82, 2.24) is 0 Å². The van der Waals surface area contributed by atoms with Crippen molar-refractivity contribution < 1.29 is 19.0 Å². The molecule has 1 aliphatic rings. The maximum absolute atomic E-state index is 11.9. The van der Waals surface area contributed by atoms with E-state index in [1.807, 2.05) is 44.9 Å². The second kappa shape index (κ2) is 4.64. The molecule has 0 saturated heterocycles. The molecule has 0 saturated carbocycles. The van der Waals surface area contributed by atoms with Crippen LogP contribution in [0.25, 0.3) is 0 Å². The standard InChI is InChI=1S/C14H19NO4/c1-9-6-11-12(19-8-18-11)7-10(9)15(4)14(2,3)13(16)17-5/h6-7H,8H2,1-5H3. The lowest BCUT2D eigenvalue weighted by atomic mass is 10.0.